The molecule has 2 heterocycles. The quantitative estimate of drug-likeness (QED) is 0.841. The Kier molecular flexibility index (Phi) is 3.38. The van der Waals surface area contributed by atoms with Gasteiger partial charge in [-0.3, -0.25) is 0 Å². The molecule has 2 aromatic rings. The molecule has 0 unspecified atom stereocenters. The summed E-state index contributed by atoms with van der Waals surface area (Å²) in [6.07, 6.45) is 0.792. The van der Waals surface area contributed by atoms with Crippen LogP contribution in [0.15, 0.2) is 11.6 Å². The van der Waals surface area contributed by atoms with Crippen LogP contribution in [-0.4, -0.2) is 21.6 Å². The van der Waals surface area contributed by atoms with Crippen molar-refractivity contribution < 1.29 is 4.74 Å². The Balaban J connectivity index is 1.92. The number of hydrogen-bond acceptors (Lipinski definition) is 7. The van der Waals surface area contributed by atoms with Gasteiger partial charge in [0.15, 0.2) is 0 Å². The average molecular weight is 251 g/mol. The largest absolute Gasteiger partial charge is 0.477 e. The molecule has 7 heteroatoms. The molecular weight excluding hydrogens is 238 g/mol. The summed E-state index contributed by atoms with van der Waals surface area (Å²) in [7, 11) is 0. The van der Waals surface area contributed by atoms with Gasteiger partial charge in [0.2, 0.25) is 11.8 Å². The lowest BCUT2D eigenvalue weighted by atomic mass is 10.3. The van der Waals surface area contributed by atoms with Crippen molar-refractivity contribution in [1.82, 2.24) is 15.0 Å². The Labute approximate surface area is 103 Å². The SMILES string of the molecule is Cc1ncsc1CCOc1cc(N)nc(N)n1. The van der Waals surface area contributed by atoms with E-state index in [1.165, 1.54) is 4.88 Å². The summed E-state index contributed by atoms with van der Waals surface area (Å²) in [5.41, 5.74) is 13.9. The van der Waals surface area contributed by atoms with Crippen molar-refractivity contribution in [2.24, 2.45) is 0 Å². The monoisotopic (exact) mass is 251 g/mol. The lowest BCUT2D eigenvalue weighted by molar-refractivity contribution is 0.310. The molecule has 17 heavy (non-hydrogen) atoms. The number of thiazole rings is 1. The highest BCUT2D eigenvalue weighted by atomic mass is 32.1. The van der Waals surface area contributed by atoms with E-state index >= 15 is 0 Å². The number of nitrogens with zero attached hydrogens (tertiary/aromatic N) is 3. The number of nitrogens with two attached hydrogens (primary N) is 2. The molecule has 0 saturated heterocycles. The second-order valence-electron chi connectivity index (χ2n) is 3.45. The summed E-state index contributed by atoms with van der Waals surface area (Å²) < 4.78 is 5.46. The number of hydrogen-bond donors (Lipinski definition) is 2. The molecule has 0 aliphatic carbocycles. The van der Waals surface area contributed by atoms with Gasteiger partial charge in [-0.25, -0.2) is 4.98 Å². The van der Waals surface area contributed by atoms with Crippen LogP contribution in [0, 0.1) is 6.92 Å². The maximum atomic E-state index is 5.53. The van der Waals surface area contributed by atoms with Crippen molar-refractivity contribution in [2.75, 3.05) is 18.1 Å². The van der Waals surface area contributed by atoms with E-state index in [-0.39, 0.29) is 5.95 Å². The van der Waals surface area contributed by atoms with Crippen LogP contribution >= 0.6 is 11.3 Å². The van der Waals surface area contributed by atoms with Crippen LogP contribution in [0.1, 0.15) is 10.6 Å². The third-order valence-corrected chi connectivity index (χ3v) is 3.16. The first-order valence-corrected chi connectivity index (χ1v) is 5.95. The average Bonchev–Trinajstić information content (AvgIpc) is 2.63. The molecule has 0 radical (unpaired) electrons. The number of anilines is 2. The lowest BCUT2D eigenvalue weighted by Gasteiger charge is -2.05. The van der Waals surface area contributed by atoms with Gasteiger partial charge in [-0.15, -0.1) is 11.3 Å². The standard InChI is InChI=1S/C10H13N5OS/c1-6-7(17-5-13-6)2-3-16-9-4-8(11)14-10(12)15-9/h4-5H,2-3H2,1H3,(H4,11,12,14,15). The summed E-state index contributed by atoms with van der Waals surface area (Å²) in [5.74, 6) is 0.826. The molecule has 4 N–H and O–H groups in total. The van der Waals surface area contributed by atoms with Crippen molar-refractivity contribution in [1.29, 1.82) is 0 Å². The van der Waals surface area contributed by atoms with Crippen LogP contribution in [0.25, 0.3) is 0 Å². The minimum atomic E-state index is 0.119. The molecule has 0 aliphatic rings. The molecule has 90 valence electrons. The zero-order valence-electron chi connectivity index (χ0n) is 9.38. The second-order valence-corrected chi connectivity index (χ2v) is 4.39. The van der Waals surface area contributed by atoms with E-state index in [9.17, 15) is 0 Å². The number of aryl methyl sites for hydroxylation is 1. The van der Waals surface area contributed by atoms with Crippen LogP contribution in [0.3, 0.4) is 0 Å². The van der Waals surface area contributed by atoms with Gasteiger partial charge in [-0.2, -0.15) is 9.97 Å². The molecule has 2 aromatic heterocycles. The fourth-order valence-electron chi connectivity index (χ4n) is 1.35. The molecule has 0 aliphatic heterocycles. The molecule has 0 spiro atoms. The number of rotatable bonds is 4. The van der Waals surface area contributed by atoms with Crippen molar-refractivity contribution in [2.45, 2.75) is 13.3 Å². The summed E-state index contributed by atoms with van der Waals surface area (Å²) in [6.45, 7) is 2.49. The van der Waals surface area contributed by atoms with Gasteiger partial charge >= 0.3 is 0 Å². The van der Waals surface area contributed by atoms with E-state index in [1.54, 1.807) is 17.4 Å². The lowest BCUT2D eigenvalue weighted by Crippen LogP contribution is -2.06. The Hall–Kier alpha value is -1.89. The van der Waals surface area contributed by atoms with Crippen LogP contribution in [0.2, 0.25) is 0 Å². The van der Waals surface area contributed by atoms with Gasteiger partial charge in [0.1, 0.15) is 5.82 Å². The molecule has 6 nitrogen and oxygen atoms in total. The third-order valence-electron chi connectivity index (χ3n) is 2.16. The molecule has 0 amide bonds. The third kappa shape index (κ3) is 3.04. The maximum Gasteiger partial charge on any atom is 0.225 e. The van der Waals surface area contributed by atoms with Crippen LogP contribution in [0.5, 0.6) is 5.88 Å². The maximum absolute atomic E-state index is 5.53. The smallest absolute Gasteiger partial charge is 0.225 e. The Morgan fingerprint density at radius 3 is 2.82 bits per heavy atom. The first-order valence-electron chi connectivity index (χ1n) is 5.07. The van der Waals surface area contributed by atoms with Crippen LogP contribution < -0.4 is 16.2 Å². The fourth-order valence-corrected chi connectivity index (χ4v) is 2.11. The van der Waals surface area contributed by atoms with Crippen LogP contribution in [0.4, 0.5) is 11.8 Å². The van der Waals surface area contributed by atoms with E-state index in [0.717, 1.165) is 12.1 Å². The highest BCUT2D eigenvalue weighted by Crippen LogP contribution is 2.15. The predicted molar refractivity (Wildman–Crippen MR) is 66.9 cm³/mol. The molecule has 0 bridgehead atoms. The van der Waals surface area contributed by atoms with Gasteiger partial charge in [0.25, 0.3) is 0 Å². The summed E-state index contributed by atoms with van der Waals surface area (Å²) in [5, 5.41) is 0. The number of aromatic nitrogens is 3. The van der Waals surface area contributed by atoms with Gasteiger partial charge in [-0.05, 0) is 6.92 Å². The highest BCUT2D eigenvalue weighted by Gasteiger charge is 2.04. The summed E-state index contributed by atoms with van der Waals surface area (Å²) in [4.78, 5) is 13.1. The van der Waals surface area contributed by atoms with Crippen molar-refractivity contribution in [3.05, 3.63) is 22.1 Å². The van der Waals surface area contributed by atoms with Gasteiger partial charge < -0.3 is 16.2 Å². The van der Waals surface area contributed by atoms with Gasteiger partial charge in [0, 0.05) is 17.4 Å². The molecule has 0 aromatic carbocycles. The van der Waals surface area contributed by atoms with Crippen molar-refractivity contribution in [3.8, 4) is 5.88 Å². The first kappa shape index (κ1) is 11.6. The van der Waals surface area contributed by atoms with Crippen molar-refractivity contribution >= 4 is 23.1 Å². The first-order chi connectivity index (χ1) is 8.15. The van der Waals surface area contributed by atoms with E-state index in [1.807, 2.05) is 12.4 Å². The zero-order valence-corrected chi connectivity index (χ0v) is 10.2. The molecule has 0 fully saturated rings. The Morgan fingerprint density at radius 1 is 1.35 bits per heavy atom. The fraction of sp³-hybridized carbons (Fsp3) is 0.300. The highest BCUT2D eigenvalue weighted by molar-refractivity contribution is 7.09. The normalized spacial score (nSPS) is 10.4. The Bertz CT molecular complexity index is 493. The molecule has 2 rings (SSSR count). The minimum Gasteiger partial charge on any atom is -0.477 e. The van der Waals surface area contributed by atoms with Gasteiger partial charge in [-0.1, -0.05) is 0 Å². The zero-order chi connectivity index (χ0) is 12.3. The minimum absolute atomic E-state index is 0.119. The van der Waals surface area contributed by atoms with E-state index in [4.69, 9.17) is 16.2 Å². The van der Waals surface area contributed by atoms with Gasteiger partial charge in [0.05, 0.1) is 17.8 Å². The number of nitrogen functional groups attached to an aromatic ring is 2. The van der Waals surface area contributed by atoms with E-state index in [0.29, 0.717) is 18.3 Å². The molecular formula is C10H13N5OS. The predicted octanol–water partition coefficient (Wildman–Crippen LogP) is 1.03. The van der Waals surface area contributed by atoms with E-state index in [2.05, 4.69) is 15.0 Å². The second kappa shape index (κ2) is 4.96. The molecule has 0 atom stereocenters. The van der Waals surface area contributed by atoms with Crippen molar-refractivity contribution in [3.63, 3.8) is 0 Å². The summed E-state index contributed by atoms with van der Waals surface area (Å²) in [6, 6.07) is 1.55. The Morgan fingerprint density at radius 2 is 2.18 bits per heavy atom. The number of ether oxygens (including phenoxy) is 1. The summed E-state index contributed by atoms with van der Waals surface area (Å²) >= 11 is 1.62. The van der Waals surface area contributed by atoms with Crippen LogP contribution in [-0.2, 0) is 6.42 Å². The molecule has 0 saturated carbocycles. The topological polar surface area (TPSA) is 99.9 Å². The van der Waals surface area contributed by atoms with E-state index < -0.39 is 0 Å².